The van der Waals surface area contributed by atoms with Gasteiger partial charge in [-0.05, 0) is 38.5 Å². The number of hydrogen-bond donors (Lipinski definition) is 3. The van der Waals surface area contributed by atoms with E-state index in [1.807, 2.05) is 0 Å². The normalized spacial score (nSPS) is 12.7. The van der Waals surface area contributed by atoms with E-state index in [1.54, 1.807) is 0 Å². The van der Waals surface area contributed by atoms with Crippen molar-refractivity contribution < 1.29 is 15.0 Å². The first-order valence-electron chi connectivity index (χ1n) is 31.9. The van der Waals surface area contributed by atoms with Crippen molar-refractivity contribution in [3.63, 3.8) is 0 Å². The zero-order chi connectivity index (χ0) is 49.2. The maximum absolute atomic E-state index is 12.5. The molecule has 68 heavy (non-hydrogen) atoms. The lowest BCUT2D eigenvalue weighted by atomic mass is 10.0. The van der Waals surface area contributed by atoms with Crippen LogP contribution in [0.4, 0.5) is 0 Å². The van der Waals surface area contributed by atoms with Crippen LogP contribution in [0.1, 0.15) is 373 Å². The summed E-state index contributed by atoms with van der Waals surface area (Å²) in [5, 5.41) is 23.4. The van der Waals surface area contributed by atoms with E-state index in [0.717, 1.165) is 25.7 Å². The number of rotatable bonds is 60. The third-order valence-electron chi connectivity index (χ3n) is 15.3. The Kier molecular flexibility index (Phi) is 59.7. The summed E-state index contributed by atoms with van der Waals surface area (Å²) >= 11 is 0. The monoisotopic (exact) mass is 958 g/mol. The summed E-state index contributed by atoms with van der Waals surface area (Å²) in [6, 6.07) is -0.535. The lowest BCUT2D eigenvalue weighted by Gasteiger charge is -2.22. The molecule has 0 heterocycles. The fourth-order valence-electron chi connectivity index (χ4n) is 10.4. The molecule has 0 aromatic carbocycles. The molecule has 2 unspecified atom stereocenters. The van der Waals surface area contributed by atoms with Gasteiger partial charge in [-0.25, -0.2) is 0 Å². The minimum absolute atomic E-state index is 0.0248. The largest absolute Gasteiger partial charge is 0.394 e. The second-order valence-corrected chi connectivity index (χ2v) is 22.2. The van der Waals surface area contributed by atoms with Crippen LogP contribution in [0, 0.1) is 0 Å². The third-order valence-corrected chi connectivity index (χ3v) is 15.3. The molecule has 0 radical (unpaired) electrons. The predicted octanol–water partition coefficient (Wildman–Crippen LogP) is 21.3. The Morgan fingerprint density at radius 3 is 0.809 bits per heavy atom. The highest BCUT2D eigenvalue weighted by Gasteiger charge is 2.20. The van der Waals surface area contributed by atoms with Crippen LogP contribution in [0.25, 0.3) is 0 Å². The number of aliphatic hydroxyl groups excluding tert-OH is 2. The molecule has 4 heteroatoms. The Labute approximate surface area is 428 Å². The van der Waals surface area contributed by atoms with E-state index >= 15 is 0 Å². The molecule has 1 amide bonds. The van der Waals surface area contributed by atoms with E-state index in [-0.39, 0.29) is 12.5 Å². The molecule has 0 aliphatic rings. The van der Waals surface area contributed by atoms with Gasteiger partial charge < -0.3 is 15.5 Å². The Bertz CT molecular complexity index is 952. The van der Waals surface area contributed by atoms with Gasteiger partial charge in [0.05, 0.1) is 18.8 Å². The van der Waals surface area contributed by atoms with E-state index in [0.29, 0.717) is 12.8 Å². The number of nitrogens with one attached hydrogen (secondary N) is 1. The quantitative estimate of drug-likeness (QED) is 0.0420. The number of amides is 1. The molecule has 3 N–H and O–H groups in total. The number of carbonyl (C=O) groups excluding carboxylic acids is 1. The van der Waals surface area contributed by atoms with Crippen molar-refractivity contribution in [2.75, 3.05) is 6.61 Å². The predicted molar refractivity (Wildman–Crippen MR) is 304 cm³/mol. The Morgan fingerprint density at radius 2 is 0.559 bits per heavy atom. The number of unbranched alkanes of at least 4 members (excludes halogenated alkanes) is 51. The second-order valence-electron chi connectivity index (χ2n) is 22.2. The highest BCUT2D eigenvalue weighted by molar-refractivity contribution is 5.76. The molecule has 0 aromatic heterocycles. The number of carbonyl (C=O) groups is 1. The van der Waals surface area contributed by atoms with Gasteiger partial charge in [0.1, 0.15) is 0 Å². The van der Waals surface area contributed by atoms with Crippen LogP contribution in [-0.2, 0) is 4.79 Å². The molecule has 2 atom stereocenters. The lowest BCUT2D eigenvalue weighted by molar-refractivity contribution is -0.123. The topological polar surface area (TPSA) is 69.6 Å². The summed E-state index contributed by atoms with van der Waals surface area (Å²) in [6.45, 7) is 4.40. The molecule has 0 aliphatic heterocycles. The molecular formula is C64H127NO3. The van der Waals surface area contributed by atoms with Gasteiger partial charge in [-0.2, -0.15) is 0 Å². The number of allylic oxidation sites excluding steroid dienone is 2. The standard InChI is InChI=1S/C64H127NO3/c1-3-5-7-9-11-13-15-17-19-21-23-25-27-28-29-30-31-32-33-34-35-36-38-39-41-43-45-47-49-51-53-55-57-59-63(67)62(61-66)65-64(68)60-58-56-54-52-50-48-46-44-42-40-37-26-24-22-20-18-16-14-12-10-8-6-4-2/h22,24,62-63,66-67H,3-21,23,25-61H2,1-2H3,(H,65,68)/b24-22-. The minimum Gasteiger partial charge on any atom is -0.394 e. The first-order valence-corrected chi connectivity index (χ1v) is 31.9. The Hall–Kier alpha value is -0.870. The number of aliphatic hydroxyl groups is 2. The van der Waals surface area contributed by atoms with Crippen LogP contribution >= 0.6 is 0 Å². The van der Waals surface area contributed by atoms with E-state index in [1.165, 1.54) is 321 Å². The summed E-state index contributed by atoms with van der Waals surface area (Å²) in [7, 11) is 0. The molecule has 0 rings (SSSR count). The van der Waals surface area contributed by atoms with Crippen LogP contribution in [0.2, 0.25) is 0 Å². The van der Waals surface area contributed by atoms with E-state index in [4.69, 9.17) is 0 Å². The molecule has 0 aliphatic carbocycles. The first-order chi connectivity index (χ1) is 33.7. The molecule has 0 saturated heterocycles. The van der Waals surface area contributed by atoms with Crippen molar-refractivity contribution in [2.45, 2.75) is 386 Å². The molecule has 0 saturated carbocycles. The molecule has 4 nitrogen and oxygen atoms in total. The molecule has 0 bridgehead atoms. The van der Waals surface area contributed by atoms with Gasteiger partial charge in [-0.3, -0.25) is 4.79 Å². The number of hydrogen-bond acceptors (Lipinski definition) is 3. The average molecular weight is 959 g/mol. The van der Waals surface area contributed by atoms with E-state index in [2.05, 4.69) is 31.3 Å². The van der Waals surface area contributed by atoms with Crippen LogP contribution in [-0.4, -0.2) is 34.9 Å². The average Bonchev–Trinajstić information content (AvgIpc) is 3.34. The van der Waals surface area contributed by atoms with Gasteiger partial charge >= 0.3 is 0 Å². The summed E-state index contributed by atoms with van der Waals surface area (Å²) < 4.78 is 0. The smallest absolute Gasteiger partial charge is 0.220 e. The van der Waals surface area contributed by atoms with Crippen molar-refractivity contribution in [3.05, 3.63) is 12.2 Å². The van der Waals surface area contributed by atoms with Crippen molar-refractivity contribution in [1.82, 2.24) is 5.32 Å². The van der Waals surface area contributed by atoms with Crippen LogP contribution in [0.5, 0.6) is 0 Å². The van der Waals surface area contributed by atoms with Crippen LogP contribution < -0.4 is 5.32 Å². The van der Waals surface area contributed by atoms with Crippen LogP contribution in [0.3, 0.4) is 0 Å². The first kappa shape index (κ1) is 67.1. The maximum atomic E-state index is 12.5. The van der Waals surface area contributed by atoms with E-state index < -0.39 is 12.1 Å². The van der Waals surface area contributed by atoms with Gasteiger partial charge in [0.25, 0.3) is 0 Å². The highest BCUT2D eigenvalue weighted by atomic mass is 16.3. The van der Waals surface area contributed by atoms with Crippen molar-refractivity contribution in [1.29, 1.82) is 0 Å². The molecule has 0 aromatic rings. The minimum atomic E-state index is -0.659. The second kappa shape index (κ2) is 60.4. The van der Waals surface area contributed by atoms with Crippen molar-refractivity contribution >= 4 is 5.91 Å². The van der Waals surface area contributed by atoms with Crippen molar-refractivity contribution in [2.24, 2.45) is 0 Å². The van der Waals surface area contributed by atoms with Gasteiger partial charge in [0, 0.05) is 6.42 Å². The van der Waals surface area contributed by atoms with Gasteiger partial charge in [-0.15, -0.1) is 0 Å². The van der Waals surface area contributed by atoms with Crippen LogP contribution in [0.15, 0.2) is 12.2 Å². The fourth-order valence-corrected chi connectivity index (χ4v) is 10.4. The SMILES string of the molecule is CCCCCCCCCC/C=C\CCCCCCCCCCCCCC(=O)NC(CO)C(O)CCCCCCCCCCCCCCCCCCCCCCCCCCCCCCCCCCC. The summed E-state index contributed by atoms with van der Waals surface area (Å²) in [6.07, 6.45) is 79.6. The molecule has 0 fully saturated rings. The fraction of sp³-hybridized carbons (Fsp3) is 0.953. The highest BCUT2D eigenvalue weighted by Crippen LogP contribution is 2.19. The zero-order valence-electron chi connectivity index (χ0n) is 46.9. The molecule has 406 valence electrons. The Morgan fingerprint density at radius 1 is 0.338 bits per heavy atom. The van der Waals surface area contributed by atoms with Crippen molar-refractivity contribution in [3.8, 4) is 0 Å². The third kappa shape index (κ3) is 56.0. The molecule has 0 spiro atoms. The maximum Gasteiger partial charge on any atom is 0.220 e. The lowest BCUT2D eigenvalue weighted by Crippen LogP contribution is -2.45. The summed E-state index contributed by atoms with van der Waals surface area (Å²) in [5.41, 5.74) is 0. The summed E-state index contributed by atoms with van der Waals surface area (Å²) in [5.74, 6) is -0.0248. The Balaban J connectivity index is 3.38. The van der Waals surface area contributed by atoms with Gasteiger partial charge in [0.15, 0.2) is 0 Å². The van der Waals surface area contributed by atoms with Gasteiger partial charge in [0.2, 0.25) is 5.91 Å². The summed E-state index contributed by atoms with van der Waals surface area (Å²) in [4.78, 5) is 12.5. The zero-order valence-corrected chi connectivity index (χ0v) is 46.9. The van der Waals surface area contributed by atoms with E-state index in [9.17, 15) is 15.0 Å². The molecular weight excluding hydrogens is 831 g/mol. The van der Waals surface area contributed by atoms with Gasteiger partial charge in [-0.1, -0.05) is 341 Å².